The summed E-state index contributed by atoms with van der Waals surface area (Å²) >= 11 is 0. The molecule has 0 aliphatic heterocycles. The van der Waals surface area contributed by atoms with Gasteiger partial charge in [0.25, 0.3) is 0 Å². The molecule has 15 rings (SSSR count). The second kappa shape index (κ2) is 15.4. The Balaban J connectivity index is 0.956. The van der Waals surface area contributed by atoms with Crippen LogP contribution in [-0.4, -0.2) is 4.57 Å². The van der Waals surface area contributed by atoms with Crippen molar-refractivity contribution in [2.45, 2.75) is 37.5 Å². The van der Waals surface area contributed by atoms with Crippen molar-refractivity contribution in [2.75, 3.05) is 4.90 Å². The Kier molecular flexibility index (Phi) is 8.78. The average Bonchev–Trinajstić information content (AvgIpc) is 4.14. The summed E-state index contributed by atoms with van der Waals surface area (Å²) < 4.78 is 2.49. The van der Waals surface area contributed by atoms with Gasteiger partial charge in [-0.3, -0.25) is 0 Å². The molecule has 1 unspecified atom stereocenters. The van der Waals surface area contributed by atoms with Gasteiger partial charge in [-0.2, -0.15) is 0 Å². The quantitative estimate of drug-likeness (QED) is 0.155. The Morgan fingerprint density at radius 1 is 0.375 bits per heavy atom. The smallest absolute Gasteiger partial charge is 0.0726 e. The molecule has 1 aromatic heterocycles. The molecule has 0 saturated heterocycles. The maximum atomic E-state index is 2.53. The zero-order chi connectivity index (χ0) is 47.7. The fourth-order valence-electron chi connectivity index (χ4n) is 14.0. The summed E-state index contributed by atoms with van der Waals surface area (Å²) in [5, 5.41) is 5.21. The average molecular weight is 919 g/mol. The number of nitrogens with zero attached hydrogens (tertiary/aromatic N) is 2. The number of anilines is 3. The van der Waals surface area contributed by atoms with Crippen molar-refractivity contribution in [3.63, 3.8) is 0 Å². The van der Waals surface area contributed by atoms with Crippen molar-refractivity contribution >= 4 is 49.6 Å². The molecular formula is C70H50N2. The van der Waals surface area contributed by atoms with Crippen LogP contribution in [0.15, 0.2) is 243 Å². The van der Waals surface area contributed by atoms with E-state index in [-0.39, 0.29) is 5.41 Å². The van der Waals surface area contributed by atoms with E-state index in [2.05, 4.69) is 266 Å². The summed E-state index contributed by atoms with van der Waals surface area (Å²) in [6.45, 7) is 4.87. The van der Waals surface area contributed by atoms with Gasteiger partial charge >= 0.3 is 0 Å². The van der Waals surface area contributed by atoms with E-state index < -0.39 is 5.41 Å². The van der Waals surface area contributed by atoms with Gasteiger partial charge in [0.15, 0.2) is 0 Å². The van der Waals surface area contributed by atoms with Crippen molar-refractivity contribution in [3.05, 3.63) is 276 Å². The van der Waals surface area contributed by atoms with Gasteiger partial charge < -0.3 is 9.47 Å². The molecule has 0 saturated carbocycles. The fraction of sp³-hybridized carbons (Fsp3) is 0.0857. The zero-order valence-corrected chi connectivity index (χ0v) is 40.4. The number of hydrogen-bond donors (Lipinski definition) is 0. The number of rotatable bonds is 7. The number of para-hydroxylation sites is 3. The van der Waals surface area contributed by atoms with E-state index in [4.69, 9.17) is 0 Å². The third-order valence-corrected chi connectivity index (χ3v) is 17.0. The van der Waals surface area contributed by atoms with E-state index in [0.717, 1.165) is 29.9 Å². The summed E-state index contributed by atoms with van der Waals surface area (Å²) in [5.41, 5.74) is 25.3. The summed E-state index contributed by atoms with van der Waals surface area (Å²) in [7, 11) is 0. The lowest BCUT2D eigenvalue weighted by atomic mass is 9.68. The first-order valence-corrected chi connectivity index (χ1v) is 25.7. The third kappa shape index (κ3) is 5.39. The van der Waals surface area contributed by atoms with E-state index in [1.165, 1.54) is 116 Å². The first-order valence-electron chi connectivity index (χ1n) is 25.7. The molecule has 2 heteroatoms. The van der Waals surface area contributed by atoms with Crippen molar-refractivity contribution in [1.82, 2.24) is 4.57 Å². The number of benzene rings is 11. The van der Waals surface area contributed by atoms with E-state index >= 15 is 0 Å². The molecule has 12 aromatic rings. The van der Waals surface area contributed by atoms with Crippen molar-refractivity contribution < 1.29 is 0 Å². The van der Waals surface area contributed by atoms with Crippen LogP contribution in [-0.2, 0) is 10.8 Å². The van der Waals surface area contributed by atoms with Gasteiger partial charge in [-0.05, 0) is 168 Å². The van der Waals surface area contributed by atoms with Crippen LogP contribution in [0.3, 0.4) is 0 Å². The SMILES string of the molecule is CCC1(CC)c2c(ccc3c2-c2ccccc2C32c3ccccc3-c3ccc(N(c4ccccc4)c4ccc(-c5ccc6ccccc6c5)cc4)cc32)-c2ccc3c(c21)c1ccccc1n3-c1ccccc1. The first-order chi connectivity index (χ1) is 35.6. The number of hydrogen-bond acceptors (Lipinski definition) is 1. The van der Waals surface area contributed by atoms with Crippen LogP contribution in [0, 0.1) is 0 Å². The molecule has 340 valence electrons. The van der Waals surface area contributed by atoms with Crippen molar-refractivity contribution in [2.24, 2.45) is 0 Å². The Hall–Kier alpha value is -8.72. The van der Waals surface area contributed by atoms with Crippen LogP contribution in [0.2, 0.25) is 0 Å². The normalized spacial score (nSPS) is 15.4. The predicted octanol–water partition coefficient (Wildman–Crippen LogP) is 18.5. The predicted molar refractivity (Wildman–Crippen MR) is 302 cm³/mol. The molecule has 1 atom stereocenters. The molecule has 1 heterocycles. The van der Waals surface area contributed by atoms with Gasteiger partial charge in [-0.15, -0.1) is 0 Å². The second-order valence-corrected chi connectivity index (χ2v) is 20.1. The molecule has 0 fully saturated rings. The van der Waals surface area contributed by atoms with Crippen LogP contribution in [0.4, 0.5) is 17.1 Å². The summed E-state index contributed by atoms with van der Waals surface area (Å²) in [4.78, 5) is 2.44. The minimum atomic E-state index is -0.536. The standard InChI is InChI=1S/C70H50N2/c1-3-69(4-2)67-55(56-40-42-64-66(68(56)69)58-27-15-18-30-63(58)72(64)50-23-9-6-10-24-50)39-41-61-65(67)57-26-14-17-29-60(57)70(61)59-28-16-13-25-53(59)54-38-37-52(44-62(54)70)71(49-21-7-5-8-22-49)51-35-33-46(34-36-51)48-32-31-45-19-11-12-20-47(45)43-48/h5-44H,3-4H2,1-2H3. The Labute approximate surface area is 420 Å². The van der Waals surface area contributed by atoms with Gasteiger partial charge in [0.2, 0.25) is 0 Å². The van der Waals surface area contributed by atoms with Gasteiger partial charge in [-0.1, -0.05) is 190 Å². The largest absolute Gasteiger partial charge is 0.310 e. The van der Waals surface area contributed by atoms with Crippen molar-refractivity contribution in [1.29, 1.82) is 0 Å². The number of aromatic nitrogens is 1. The lowest BCUT2D eigenvalue weighted by Gasteiger charge is -2.34. The molecule has 72 heavy (non-hydrogen) atoms. The van der Waals surface area contributed by atoms with Gasteiger partial charge in [-0.25, -0.2) is 0 Å². The van der Waals surface area contributed by atoms with E-state index in [1.54, 1.807) is 0 Å². The fourth-order valence-corrected chi connectivity index (χ4v) is 14.0. The zero-order valence-electron chi connectivity index (χ0n) is 40.4. The molecule has 0 bridgehead atoms. The van der Waals surface area contributed by atoms with Gasteiger partial charge in [0.1, 0.15) is 0 Å². The summed E-state index contributed by atoms with van der Waals surface area (Å²) in [6.07, 6.45) is 1.98. The maximum absolute atomic E-state index is 2.53. The molecule has 3 aliphatic rings. The Bertz CT molecular complexity index is 4180. The van der Waals surface area contributed by atoms with Crippen LogP contribution in [0.25, 0.3) is 82.8 Å². The highest BCUT2D eigenvalue weighted by atomic mass is 15.1. The highest BCUT2D eigenvalue weighted by molar-refractivity contribution is 6.15. The highest BCUT2D eigenvalue weighted by Gasteiger charge is 2.55. The Morgan fingerprint density at radius 3 is 1.75 bits per heavy atom. The van der Waals surface area contributed by atoms with Gasteiger partial charge in [0, 0.05) is 38.9 Å². The van der Waals surface area contributed by atoms with Crippen molar-refractivity contribution in [3.8, 4) is 50.2 Å². The molecule has 0 radical (unpaired) electrons. The summed E-state index contributed by atoms with van der Waals surface area (Å²) in [5.74, 6) is 0. The lowest BCUT2D eigenvalue weighted by molar-refractivity contribution is 0.495. The van der Waals surface area contributed by atoms with E-state index in [1.807, 2.05) is 0 Å². The highest BCUT2D eigenvalue weighted by Crippen LogP contribution is 2.68. The minimum Gasteiger partial charge on any atom is -0.310 e. The van der Waals surface area contributed by atoms with E-state index in [0.29, 0.717) is 0 Å². The van der Waals surface area contributed by atoms with Crippen LogP contribution in [0.1, 0.15) is 60.1 Å². The Morgan fingerprint density at radius 2 is 0.958 bits per heavy atom. The molecular weight excluding hydrogens is 869 g/mol. The molecule has 1 spiro atoms. The molecule has 11 aromatic carbocycles. The van der Waals surface area contributed by atoms with Crippen LogP contribution >= 0.6 is 0 Å². The first kappa shape index (κ1) is 41.1. The van der Waals surface area contributed by atoms with Crippen LogP contribution in [0.5, 0.6) is 0 Å². The van der Waals surface area contributed by atoms with E-state index in [9.17, 15) is 0 Å². The minimum absolute atomic E-state index is 0.230. The van der Waals surface area contributed by atoms with Crippen LogP contribution < -0.4 is 4.90 Å². The second-order valence-electron chi connectivity index (χ2n) is 20.1. The molecule has 2 nitrogen and oxygen atoms in total. The number of fused-ring (bicyclic) bond motifs is 19. The lowest BCUT2D eigenvalue weighted by Crippen LogP contribution is -2.27. The molecule has 0 amide bonds. The topological polar surface area (TPSA) is 8.17 Å². The maximum Gasteiger partial charge on any atom is 0.0726 e. The monoisotopic (exact) mass is 918 g/mol. The third-order valence-electron chi connectivity index (χ3n) is 17.0. The van der Waals surface area contributed by atoms with Gasteiger partial charge in [0.05, 0.1) is 16.4 Å². The molecule has 0 N–H and O–H groups in total. The summed E-state index contributed by atoms with van der Waals surface area (Å²) in [6, 6.07) is 91.2. The molecule has 3 aliphatic carbocycles.